The minimum Gasteiger partial charge on any atom is -0.396 e. The van der Waals surface area contributed by atoms with Crippen molar-refractivity contribution in [1.29, 1.82) is 0 Å². The highest BCUT2D eigenvalue weighted by Crippen LogP contribution is 2.22. The van der Waals surface area contributed by atoms with Gasteiger partial charge >= 0.3 is 0 Å². The Labute approximate surface area is 209 Å². The SMILES string of the molecule is C=N/C(C(N)=O)=C(/NC)SCNc1ccc2ccccc2c1.O=Cc1ccc(NCCCO)cc1. The van der Waals surface area contributed by atoms with Crippen LogP contribution in [0.2, 0.25) is 0 Å². The molecule has 0 aliphatic heterocycles. The number of nitrogens with zero attached hydrogens (tertiary/aromatic N) is 1. The highest BCUT2D eigenvalue weighted by molar-refractivity contribution is 8.03. The zero-order valence-corrected chi connectivity index (χ0v) is 20.5. The second kappa shape index (κ2) is 15.2. The number of hydrogen-bond donors (Lipinski definition) is 5. The lowest BCUT2D eigenvalue weighted by Gasteiger charge is -2.11. The van der Waals surface area contributed by atoms with Gasteiger partial charge in [0.1, 0.15) is 11.3 Å². The van der Waals surface area contributed by atoms with Gasteiger partial charge in [-0.1, -0.05) is 42.1 Å². The van der Waals surface area contributed by atoms with Crippen LogP contribution in [0.25, 0.3) is 10.8 Å². The number of nitrogens with two attached hydrogens (primary N) is 1. The second-order valence-electron chi connectivity index (χ2n) is 7.22. The molecular weight excluding hydrogens is 462 g/mol. The maximum Gasteiger partial charge on any atom is 0.269 e. The molecule has 0 radical (unpaired) electrons. The normalized spacial score (nSPS) is 10.9. The van der Waals surface area contributed by atoms with Crippen molar-refractivity contribution in [1.82, 2.24) is 5.32 Å². The number of aldehydes is 1. The van der Waals surface area contributed by atoms with E-state index in [4.69, 9.17) is 10.8 Å². The molecule has 0 fully saturated rings. The summed E-state index contributed by atoms with van der Waals surface area (Å²) < 4.78 is 0. The molecule has 184 valence electrons. The van der Waals surface area contributed by atoms with Crippen LogP contribution < -0.4 is 21.7 Å². The molecule has 0 unspecified atom stereocenters. The molecule has 0 atom stereocenters. The number of benzene rings is 3. The van der Waals surface area contributed by atoms with Crippen molar-refractivity contribution in [3.8, 4) is 0 Å². The highest BCUT2D eigenvalue weighted by atomic mass is 32.2. The van der Waals surface area contributed by atoms with E-state index in [2.05, 4.69) is 51.9 Å². The summed E-state index contributed by atoms with van der Waals surface area (Å²) in [5.74, 6) is -0.0292. The first-order valence-corrected chi connectivity index (χ1v) is 11.9. The monoisotopic (exact) mass is 493 g/mol. The summed E-state index contributed by atoms with van der Waals surface area (Å²) in [6, 6.07) is 21.6. The van der Waals surface area contributed by atoms with Crippen LogP contribution in [-0.4, -0.2) is 50.1 Å². The third-order valence-electron chi connectivity index (χ3n) is 4.79. The number of aliphatic hydroxyl groups excluding tert-OH is 1. The number of nitrogens with one attached hydrogen (secondary N) is 3. The highest BCUT2D eigenvalue weighted by Gasteiger charge is 2.10. The molecule has 0 saturated carbocycles. The smallest absolute Gasteiger partial charge is 0.269 e. The Bertz CT molecular complexity index is 1150. The van der Waals surface area contributed by atoms with Gasteiger partial charge in [-0.05, 0) is 60.3 Å². The predicted molar refractivity (Wildman–Crippen MR) is 147 cm³/mol. The third kappa shape index (κ3) is 9.15. The Hall–Kier alpha value is -3.82. The van der Waals surface area contributed by atoms with Gasteiger partial charge in [0.05, 0.1) is 5.88 Å². The van der Waals surface area contributed by atoms with Gasteiger partial charge in [-0.2, -0.15) is 0 Å². The van der Waals surface area contributed by atoms with Crippen LogP contribution in [0, 0.1) is 0 Å². The van der Waals surface area contributed by atoms with E-state index in [1.54, 1.807) is 19.2 Å². The van der Waals surface area contributed by atoms with Crippen molar-refractivity contribution in [2.75, 3.05) is 36.7 Å². The average Bonchev–Trinajstić information content (AvgIpc) is 2.89. The lowest BCUT2D eigenvalue weighted by Crippen LogP contribution is -2.19. The van der Waals surface area contributed by atoms with Crippen LogP contribution in [0.3, 0.4) is 0 Å². The van der Waals surface area contributed by atoms with Gasteiger partial charge in [-0.15, -0.1) is 0 Å². The molecule has 3 aromatic carbocycles. The Kier molecular flexibility index (Phi) is 11.9. The van der Waals surface area contributed by atoms with Crippen molar-refractivity contribution >= 4 is 52.8 Å². The second-order valence-corrected chi connectivity index (χ2v) is 8.21. The molecule has 9 heteroatoms. The molecule has 0 heterocycles. The zero-order chi connectivity index (χ0) is 25.5. The van der Waals surface area contributed by atoms with Crippen LogP contribution in [-0.2, 0) is 4.79 Å². The topological polar surface area (TPSA) is 129 Å². The van der Waals surface area contributed by atoms with E-state index in [1.807, 2.05) is 30.3 Å². The van der Waals surface area contributed by atoms with Gasteiger partial charge in [0, 0.05) is 37.1 Å². The summed E-state index contributed by atoms with van der Waals surface area (Å²) in [6.07, 6.45) is 1.55. The number of anilines is 2. The quantitative estimate of drug-likeness (QED) is 0.0853. The molecule has 8 nitrogen and oxygen atoms in total. The van der Waals surface area contributed by atoms with Gasteiger partial charge < -0.3 is 26.8 Å². The minimum absolute atomic E-state index is 0.146. The molecular formula is C26H31N5O3S. The fourth-order valence-corrected chi connectivity index (χ4v) is 3.83. The summed E-state index contributed by atoms with van der Waals surface area (Å²) >= 11 is 1.41. The third-order valence-corrected chi connectivity index (χ3v) is 5.76. The van der Waals surface area contributed by atoms with Crippen molar-refractivity contribution in [2.45, 2.75) is 6.42 Å². The average molecular weight is 494 g/mol. The molecule has 35 heavy (non-hydrogen) atoms. The van der Waals surface area contributed by atoms with Crippen LogP contribution >= 0.6 is 11.8 Å². The van der Waals surface area contributed by atoms with Gasteiger partial charge in [-0.3, -0.25) is 14.6 Å². The van der Waals surface area contributed by atoms with Gasteiger partial charge in [-0.25, -0.2) is 0 Å². The molecule has 0 spiro atoms. The number of carbonyl (C=O) groups excluding carboxylic acids is 2. The summed E-state index contributed by atoms with van der Waals surface area (Å²) in [6.45, 7) is 4.31. The molecule has 6 N–H and O–H groups in total. The van der Waals surface area contributed by atoms with E-state index in [0.29, 0.717) is 16.5 Å². The first kappa shape index (κ1) is 27.4. The Morgan fingerprint density at radius 1 is 1.06 bits per heavy atom. The summed E-state index contributed by atoms with van der Waals surface area (Å²) in [4.78, 5) is 25.3. The minimum atomic E-state index is -0.599. The Morgan fingerprint density at radius 2 is 1.74 bits per heavy atom. The fourth-order valence-electron chi connectivity index (χ4n) is 3.00. The van der Waals surface area contributed by atoms with Crippen LogP contribution in [0.15, 0.2) is 82.4 Å². The lowest BCUT2D eigenvalue weighted by atomic mass is 10.1. The molecule has 0 bridgehead atoms. The number of aliphatic hydroxyl groups is 1. The summed E-state index contributed by atoms with van der Waals surface area (Å²) in [5, 5.41) is 20.8. The number of amides is 1. The maximum absolute atomic E-state index is 11.3. The summed E-state index contributed by atoms with van der Waals surface area (Å²) in [5.41, 5.74) is 8.06. The van der Waals surface area contributed by atoms with E-state index in [0.717, 1.165) is 30.6 Å². The van der Waals surface area contributed by atoms with Crippen molar-refractivity contribution in [3.63, 3.8) is 0 Å². The number of rotatable bonds is 12. The molecule has 1 amide bonds. The van der Waals surface area contributed by atoms with Crippen molar-refractivity contribution < 1.29 is 14.7 Å². The van der Waals surface area contributed by atoms with Gasteiger partial charge in [0.15, 0.2) is 5.70 Å². The standard InChI is InChI=1S/C16H18N4OS.C10H13NO2/c1-18-14(15(17)21)16(19-2)22-10-20-13-8-7-11-5-3-4-6-12(11)9-13;12-7-1-6-11-10-4-2-9(8-13)3-5-10/h3-9,19-20H,1,10H2,2H3,(H2,17,21);2-5,8,11-12H,1,6-7H2/b16-14-;. The number of carbonyl (C=O) groups is 2. The van der Waals surface area contributed by atoms with Crippen molar-refractivity contribution in [3.05, 3.63) is 83.0 Å². The molecule has 0 aromatic heterocycles. The maximum atomic E-state index is 11.3. The van der Waals surface area contributed by atoms with Crippen molar-refractivity contribution in [2.24, 2.45) is 10.7 Å². The number of aliphatic imine (C=N–C) groups is 1. The summed E-state index contributed by atoms with van der Waals surface area (Å²) in [7, 11) is 1.71. The van der Waals surface area contributed by atoms with Gasteiger partial charge in [0.25, 0.3) is 5.91 Å². The number of fused-ring (bicyclic) bond motifs is 1. The molecule has 0 aliphatic rings. The van der Waals surface area contributed by atoms with E-state index in [9.17, 15) is 9.59 Å². The number of hydrogen-bond acceptors (Lipinski definition) is 8. The van der Waals surface area contributed by atoms with E-state index in [-0.39, 0.29) is 12.3 Å². The predicted octanol–water partition coefficient (Wildman–Crippen LogP) is 3.81. The van der Waals surface area contributed by atoms with Crippen LogP contribution in [0.5, 0.6) is 0 Å². The van der Waals surface area contributed by atoms with E-state index >= 15 is 0 Å². The van der Waals surface area contributed by atoms with Crippen LogP contribution in [0.1, 0.15) is 16.8 Å². The van der Waals surface area contributed by atoms with E-state index in [1.165, 1.54) is 22.5 Å². The van der Waals surface area contributed by atoms with Crippen LogP contribution in [0.4, 0.5) is 11.4 Å². The zero-order valence-electron chi connectivity index (χ0n) is 19.7. The van der Waals surface area contributed by atoms with E-state index < -0.39 is 5.91 Å². The molecule has 3 rings (SSSR count). The molecule has 3 aromatic rings. The Morgan fingerprint density at radius 3 is 2.34 bits per heavy atom. The first-order valence-electron chi connectivity index (χ1n) is 11.0. The number of thioether (sulfide) groups is 1. The fraction of sp³-hybridized carbons (Fsp3) is 0.192. The van der Waals surface area contributed by atoms with Gasteiger partial charge in [0.2, 0.25) is 0 Å². The first-order chi connectivity index (χ1) is 17.0. The Balaban J connectivity index is 0.000000283. The molecule has 0 saturated heterocycles. The molecule has 0 aliphatic carbocycles. The number of primary amides is 1. The largest absolute Gasteiger partial charge is 0.396 e. The lowest BCUT2D eigenvalue weighted by molar-refractivity contribution is -0.114.